The van der Waals surface area contributed by atoms with Crippen molar-refractivity contribution in [3.8, 4) is 0 Å². The van der Waals surface area contributed by atoms with Crippen molar-refractivity contribution in [2.45, 2.75) is 50.0 Å². The number of fused-ring (bicyclic) bond motifs is 1. The number of rotatable bonds is 7. The van der Waals surface area contributed by atoms with Gasteiger partial charge in [0.05, 0.1) is 4.90 Å². The molecule has 0 aliphatic carbocycles. The highest BCUT2D eigenvalue weighted by atomic mass is 35.5. The number of hydrogen-bond acceptors (Lipinski definition) is 5. The van der Waals surface area contributed by atoms with E-state index < -0.39 is 10.0 Å². The van der Waals surface area contributed by atoms with E-state index in [-0.39, 0.29) is 29.3 Å². The number of sulfonamides is 1. The van der Waals surface area contributed by atoms with Crippen LogP contribution in [-0.4, -0.2) is 45.8 Å². The van der Waals surface area contributed by atoms with Gasteiger partial charge in [-0.2, -0.15) is 0 Å². The maximum Gasteiger partial charge on any atom is 0.263 e. The Morgan fingerprint density at radius 2 is 2.04 bits per heavy atom. The molecule has 1 aromatic carbocycles. The summed E-state index contributed by atoms with van der Waals surface area (Å²) in [6.45, 7) is 4.62. The largest absolute Gasteiger partial charge is 0.353 e. The van der Waals surface area contributed by atoms with Gasteiger partial charge in [-0.3, -0.25) is 14.5 Å². The zero-order valence-corrected chi connectivity index (χ0v) is 17.7. The molecule has 0 saturated carbocycles. The Bertz CT molecular complexity index is 813. The third-order valence-corrected chi connectivity index (χ3v) is 6.52. The minimum Gasteiger partial charge on any atom is -0.353 e. The monoisotopic (exact) mass is 428 g/mol. The van der Waals surface area contributed by atoms with Gasteiger partial charge in [-0.25, -0.2) is 8.42 Å². The standard InChI is InChI=1S/C19H28N4O3S.ClH/c1-14-13-20-12-10-16(14)22-18(24)9-3-2-6-11-21-19-15-7-4-5-8-17(15)27(25,26)23-19;/h4-5,7-8,14,16,20H,2-3,6,9-13H2,1H3,(H,21,23)(H,22,24);1H. The number of unbranched alkanes of at least 4 members (excludes halogenated alkanes) is 2. The summed E-state index contributed by atoms with van der Waals surface area (Å²) in [5.74, 6) is 1.01. The normalized spacial score (nSPS) is 24.1. The van der Waals surface area contributed by atoms with Gasteiger partial charge in [0.25, 0.3) is 10.0 Å². The number of carbonyl (C=O) groups excluding carboxylic acids is 1. The van der Waals surface area contributed by atoms with Crippen molar-refractivity contribution in [3.63, 3.8) is 0 Å². The second-order valence-electron chi connectivity index (χ2n) is 7.29. The highest BCUT2D eigenvalue weighted by molar-refractivity contribution is 7.90. The van der Waals surface area contributed by atoms with Crippen LogP contribution in [0.4, 0.5) is 0 Å². The summed E-state index contributed by atoms with van der Waals surface area (Å²) in [4.78, 5) is 16.8. The van der Waals surface area contributed by atoms with Crippen LogP contribution in [0.15, 0.2) is 34.2 Å². The van der Waals surface area contributed by atoms with E-state index in [0.717, 1.165) is 38.8 Å². The molecule has 0 bridgehead atoms. The fraction of sp³-hybridized carbons (Fsp3) is 0.579. The van der Waals surface area contributed by atoms with E-state index in [0.29, 0.717) is 30.3 Å². The van der Waals surface area contributed by atoms with Gasteiger partial charge in [-0.05, 0) is 50.4 Å². The van der Waals surface area contributed by atoms with Crippen LogP contribution in [0, 0.1) is 5.92 Å². The number of amidine groups is 1. The molecule has 3 rings (SSSR count). The molecule has 2 aliphatic rings. The number of aliphatic imine (C=N–C) groups is 1. The molecule has 1 aromatic rings. The maximum atomic E-state index is 12.1. The highest BCUT2D eigenvalue weighted by Gasteiger charge is 2.29. The topological polar surface area (TPSA) is 99.7 Å². The quantitative estimate of drug-likeness (QED) is 0.577. The third-order valence-electron chi connectivity index (χ3n) is 5.13. The summed E-state index contributed by atoms with van der Waals surface area (Å²) >= 11 is 0. The number of benzene rings is 1. The van der Waals surface area contributed by atoms with E-state index in [1.807, 2.05) is 0 Å². The Morgan fingerprint density at radius 1 is 1.25 bits per heavy atom. The summed E-state index contributed by atoms with van der Waals surface area (Å²) < 4.78 is 26.5. The minimum atomic E-state index is -3.47. The van der Waals surface area contributed by atoms with Gasteiger partial charge in [0.1, 0.15) is 5.84 Å². The average Bonchev–Trinajstić information content (AvgIpc) is 2.91. The van der Waals surface area contributed by atoms with E-state index in [1.54, 1.807) is 24.3 Å². The van der Waals surface area contributed by atoms with Crippen LogP contribution in [-0.2, 0) is 14.8 Å². The molecule has 7 nitrogen and oxygen atoms in total. The molecular weight excluding hydrogens is 400 g/mol. The molecule has 28 heavy (non-hydrogen) atoms. The Hall–Kier alpha value is -1.64. The smallest absolute Gasteiger partial charge is 0.263 e. The molecule has 0 spiro atoms. The van der Waals surface area contributed by atoms with Crippen LogP contribution in [0.5, 0.6) is 0 Å². The van der Waals surface area contributed by atoms with Gasteiger partial charge in [0.2, 0.25) is 5.91 Å². The second-order valence-corrected chi connectivity index (χ2v) is 8.94. The first-order chi connectivity index (χ1) is 13.0. The van der Waals surface area contributed by atoms with Crippen LogP contribution in [0.25, 0.3) is 0 Å². The van der Waals surface area contributed by atoms with Gasteiger partial charge in [-0.1, -0.05) is 25.5 Å². The van der Waals surface area contributed by atoms with E-state index in [2.05, 4.69) is 27.3 Å². The molecule has 9 heteroatoms. The van der Waals surface area contributed by atoms with Gasteiger partial charge in [0, 0.05) is 24.6 Å². The molecule has 2 heterocycles. The zero-order chi connectivity index (χ0) is 19.3. The van der Waals surface area contributed by atoms with Crippen molar-refractivity contribution >= 4 is 34.2 Å². The van der Waals surface area contributed by atoms with Crippen molar-refractivity contribution in [3.05, 3.63) is 29.8 Å². The number of nitrogens with zero attached hydrogens (tertiary/aromatic N) is 1. The lowest BCUT2D eigenvalue weighted by Gasteiger charge is -2.30. The van der Waals surface area contributed by atoms with Crippen LogP contribution < -0.4 is 15.4 Å². The Morgan fingerprint density at radius 3 is 2.82 bits per heavy atom. The molecule has 2 aliphatic heterocycles. The van der Waals surface area contributed by atoms with Crippen molar-refractivity contribution < 1.29 is 13.2 Å². The van der Waals surface area contributed by atoms with E-state index >= 15 is 0 Å². The van der Waals surface area contributed by atoms with Crippen molar-refractivity contribution in [1.82, 2.24) is 15.4 Å². The van der Waals surface area contributed by atoms with Crippen LogP contribution >= 0.6 is 12.4 Å². The Kier molecular flexibility index (Phi) is 8.27. The van der Waals surface area contributed by atoms with Crippen molar-refractivity contribution in [1.29, 1.82) is 0 Å². The highest BCUT2D eigenvalue weighted by Crippen LogP contribution is 2.22. The first kappa shape index (κ1) is 22.6. The van der Waals surface area contributed by atoms with Gasteiger partial charge in [-0.15, -0.1) is 12.4 Å². The number of carbonyl (C=O) groups is 1. The number of piperidine rings is 1. The molecule has 2 atom stereocenters. The third kappa shape index (κ3) is 5.68. The summed E-state index contributed by atoms with van der Waals surface area (Å²) in [6, 6.07) is 7.13. The lowest BCUT2D eigenvalue weighted by molar-refractivity contribution is -0.122. The fourth-order valence-corrected chi connectivity index (χ4v) is 4.77. The number of hydrogen-bond donors (Lipinski definition) is 3. The van der Waals surface area contributed by atoms with Gasteiger partial charge < -0.3 is 10.6 Å². The fourth-order valence-electron chi connectivity index (χ4n) is 3.52. The van der Waals surface area contributed by atoms with Crippen molar-refractivity contribution in [2.24, 2.45) is 10.9 Å². The first-order valence-corrected chi connectivity index (χ1v) is 11.1. The minimum absolute atomic E-state index is 0. The molecule has 0 aromatic heterocycles. The van der Waals surface area contributed by atoms with Crippen LogP contribution in [0.1, 0.15) is 44.6 Å². The van der Waals surface area contributed by atoms with Gasteiger partial charge in [0.15, 0.2) is 0 Å². The molecule has 1 fully saturated rings. The summed E-state index contributed by atoms with van der Waals surface area (Å²) in [7, 11) is -3.47. The molecule has 156 valence electrons. The van der Waals surface area contributed by atoms with Gasteiger partial charge >= 0.3 is 0 Å². The molecule has 3 N–H and O–H groups in total. The average molecular weight is 429 g/mol. The van der Waals surface area contributed by atoms with E-state index in [1.165, 1.54) is 0 Å². The first-order valence-electron chi connectivity index (χ1n) is 9.64. The van der Waals surface area contributed by atoms with Crippen LogP contribution in [0.3, 0.4) is 0 Å². The van der Waals surface area contributed by atoms with Crippen LogP contribution in [0.2, 0.25) is 0 Å². The number of halogens is 1. The molecular formula is C19H29ClN4O3S. The predicted molar refractivity (Wildman–Crippen MR) is 112 cm³/mol. The number of amides is 1. The zero-order valence-electron chi connectivity index (χ0n) is 16.1. The lowest BCUT2D eigenvalue weighted by atomic mass is 9.95. The summed E-state index contributed by atoms with van der Waals surface area (Å²) in [6.07, 6.45) is 4.05. The summed E-state index contributed by atoms with van der Waals surface area (Å²) in [5.41, 5.74) is 0.632. The Balaban J connectivity index is 0.00000280. The molecule has 2 unspecified atom stereocenters. The van der Waals surface area contributed by atoms with Crippen molar-refractivity contribution in [2.75, 3.05) is 19.6 Å². The SMILES string of the molecule is CC1CNCCC1NC(=O)CCCCCN=C1NS(=O)(=O)c2ccccc21.Cl. The predicted octanol–water partition coefficient (Wildman–Crippen LogP) is 1.82. The maximum absolute atomic E-state index is 12.1. The Labute approximate surface area is 173 Å². The number of nitrogens with one attached hydrogen (secondary N) is 3. The van der Waals surface area contributed by atoms with E-state index in [4.69, 9.17) is 0 Å². The van der Waals surface area contributed by atoms with E-state index in [9.17, 15) is 13.2 Å². The molecule has 0 radical (unpaired) electrons. The molecule has 1 amide bonds. The second kappa shape index (κ2) is 10.2. The lowest BCUT2D eigenvalue weighted by Crippen LogP contribution is -2.48. The summed E-state index contributed by atoms with van der Waals surface area (Å²) in [5, 5.41) is 6.47. The molecule has 1 saturated heterocycles.